The van der Waals surface area contributed by atoms with Crippen LogP contribution in [0.4, 0.5) is 0 Å². The Bertz CT molecular complexity index is 737. The highest BCUT2D eigenvalue weighted by Crippen LogP contribution is 2.34. The molecule has 23 heavy (non-hydrogen) atoms. The quantitative estimate of drug-likeness (QED) is 0.825. The van der Waals surface area contributed by atoms with Crippen molar-refractivity contribution in [2.75, 3.05) is 20.2 Å². The number of piperazine rings is 1. The van der Waals surface area contributed by atoms with Crippen LogP contribution in [0.15, 0.2) is 23.1 Å². The minimum atomic E-state index is -3.87. The summed E-state index contributed by atoms with van der Waals surface area (Å²) < 4.78 is 32.6. The Balaban J connectivity index is 2.02. The Kier molecular flexibility index (Phi) is 4.29. The van der Waals surface area contributed by atoms with Crippen molar-refractivity contribution in [3.8, 4) is 5.75 Å². The molecule has 1 amide bonds. The highest BCUT2D eigenvalue weighted by Gasteiger charge is 2.45. The third kappa shape index (κ3) is 2.70. The molecule has 0 aromatic heterocycles. The molecule has 2 saturated heterocycles. The van der Waals surface area contributed by atoms with Crippen molar-refractivity contribution in [2.45, 2.75) is 36.7 Å². The number of carbonyl (C=O) groups is 1. The van der Waals surface area contributed by atoms with Crippen molar-refractivity contribution in [3.63, 3.8) is 0 Å². The summed E-state index contributed by atoms with van der Waals surface area (Å²) in [5, 5.41) is 0.308. The van der Waals surface area contributed by atoms with E-state index in [1.807, 2.05) is 0 Å². The standard InChI is InChI=1S/C15H19ClN2O4S/c1-10-15(19)17-7-3-4-12(17)9-18(10)23(20,21)14-8-11(16)5-6-13(14)22-2/h5-6,8,10,12H,3-4,7,9H2,1-2H3/t10-,12+/m0/s1. The van der Waals surface area contributed by atoms with E-state index < -0.39 is 16.1 Å². The average Bonchev–Trinajstić information content (AvgIpc) is 2.99. The zero-order valence-electron chi connectivity index (χ0n) is 13.0. The molecule has 0 saturated carbocycles. The van der Waals surface area contributed by atoms with Crippen LogP contribution in [0.5, 0.6) is 5.75 Å². The maximum atomic E-state index is 13.1. The number of methoxy groups -OCH3 is 1. The van der Waals surface area contributed by atoms with Gasteiger partial charge in [0.1, 0.15) is 16.7 Å². The van der Waals surface area contributed by atoms with Crippen molar-refractivity contribution in [2.24, 2.45) is 0 Å². The molecule has 3 rings (SSSR count). The lowest BCUT2D eigenvalue weighted by atomic mass is 10.1. The first-order chi connectivity index (χ1) is 10.9. The van der Waals surface area contributed by atoms with E-state index in [1.165, 1.54) is 23.5 Å². The number of rotatable bonds is 3. The van der Waals surface area contributed by atoms with Crippen LogP contribution in [0.1, 0.15) is 19.8 Å². The molecule has 0 unspecified atom stereocenters. The molecule has 2 fully saturated rings. The molecule has 0 bridgehead atoms. The molecule has 8 heteroatoms. The van der Waals surface area contributed by atoms with E-state index in [4.69, 9.17) is 16.3 Å². The number of amides is 1. The fraction of sp³-hybridized carbons (Fsp3) is 0.533. The van der Waals surface area contributed by atoms with Crippen LogP contribution in [-0.2, 0) is 14.8 Å². The number of benzene rings is 1. The molecule has 2 heterocycles. The van der Waals surface area contributed by atoms with Crippen LogP contribution in [0.2, 0.25) is 5.02 Å². The summed E-state index contributed by atoms with van der Waals surface area (Å²) >= 11 is 5.96. The van der Waals surface area contributed by atoms with Gasteiger partial charge in [-0.3, -0.25) is 4.79 Å². The molecule has 1 aromatic carbocycles. The smallest absolute Gasteiger partial charge is 0.247 e. The first kappa shape index (κ1) is 16.5. The van der Waals surface area contributed by atoms with Crippen LogP contribution in [0.3, 0.4) is 0 Å². The highest BCUT2D eigenvalue weighted by molar-refractivity contribution is 7.89. The molecular formula is C15H19ClN2O4S. The number of hydrogen-bond acceptors (Lipinski definition) is 4. The predicted molar refractivity (Wildman–Crippen MR) is 86.1 cm³/mol. The molecule has 2 aliphatic heterocycles. The summed E-state index contributed by atoms with van der Waals surface area (Å²) in [6.45, 7) is 2.65. The average molecular weight is 359 g/mol. The number of fused-ring (bicyclic) bond motifs is 1. The second-order valence-electron chi connectivity index (χ2n) is 5.87. The molecule has 0 N–H and O–H groups in total. The van der Waals surface area contributed by atoms with Crippen LogP contribution in [0.25, 0.3) is 0 Å². The van der Waals surface area contributed by atoms with Gasteiger partial charge in [0.25, 0.3) is 0 Å². The number of nitrogens with zero attached hydrogens (tertiary/aromatic N) is 2. The Morgan fingerprint density at radius 1 is 1.35 bits per heavy atom. The van der Waals surface area contributed by atoms with Gasteiger partial charge in [0.05, 0.1) is 7.11 Å². The Morgan fingerprint density at radius 2 is 2.09 bits per heavy atom. The summed E-state index contributed by atoms with van der Waals surface area (Å²) in [6, 6.07) is 3.70. The van der Waals surface area contributed by atoms with Crippen LogP contribution < -0.4 is 4.74 Å². The summed E-state index contributed by atoms with van der Waals surface area (Å²) in [5.74, 6) is 0.0891. The molecule has 2 aliphatic rings. The third-order valence-corrected chi connectivity index (χ3v) is 6.75. The lowest BCUT2D eigenvalue weighted by Gasteiger charge is -2.40. The molecule has 0 spiro atoms. The Hall–Kier alpha value is -1.31. The summed E-state index contributed by atoms with van der Waals surface area (Å²) in [6.07, 6.45) is 1.74. The second-order valence-corrected chi connectivity index (χ2v) is 8.17. The van der Waals surface area contributed by atoms with Crippen molar-refractivity contribution >= 4 is 27.5 Å². The fourth-order valence-corrected chi connectivity index (χ4v) is 5.38. The van der Waals surface area contributed by atoms with Crippen molar-refractivity contribution in [1.82, 2.24) is 9.21 Å². The van der Waals surface area contributed by atoms with Gasteiger partial charge in [-0.2, -0.15) is 4.31 Å². The van der Waals surface area contributed by atoms with Crippen molar-refractivity contribution in [3.05, 3.63) is 23.2 Å². The largest absolute Gasteiger partial charge is 0.495 e. The SMILES string of the molecule is COc1ccc(Cl)cc1S(=O)(=O)N1C[C@H]2CCCN2C(=O)[C@@H]1C. The van der Waals surface area contributed by atoms with Gasteiger partial charge in [-0.1, -0.05) is 11.6 Å². The van der Waals surface area contributed by atoms with Crippen LogP contribution >= 0.6 is 11.6 Å². The second kappa shape index (κ2) is 5.96. The zero-order chi connectivity index (χ0) is 16.8. The van der Waals surface area contributed by atoms with E-state index in [-0.39, 0.29) is 22.6 Å². The number of carbonyl (C=O) groups excluding carboxylic acids is 1. The molecule has 2 atom stereocenters. The molecule has 0 aliphatic carbocycles. The molecule has 126 valence electrons. The van der Waals surface area contributed by atoms with Gasteiger partial charge in [-0.25, -0.2) is 8.42 Å². The Morgan fingerprint density at radius 3 is 2.78 bits per heavy atom. The lowest BCUT2D eigenvalue weighted by Crippen LogP contribution is -2.59. The highest BCUT2D eigenvalue weighted by atomic mass is 35.5. The number of sulfonamides is 1. The number of ether oxygens (including phenoxy) is 1. The van der Waals surface area contributed by atoms with E-state index in [9.17, 15) is 13.2 Å². The fourth-order valence-electron chi connectivity index (χ4n) is 3.33. The first-order valence-electron chi connectivity index (χ1n) is 7.52. The topological polar surface area (TPSA) is 66.9 Å². The van der Waals surface area contributed by atoms with Crippen LogP contribution in [0, 0.1) is 0 Å². The van der Waals surface area contributed by atoms with Crippen LogP contribution in [-0.4, -0.2) is 55.8 Å². The van der Waals surface area contributed by atoms with Gasteiger partial charge in [-0.05, 0) is 38.0 Å². The first-order valence-corrected chi connectivity index (χ1v) is 9.34. The molecule has 0 radical (unpaired) electrons. The van der Waals surface area contributed by atoms with Gasteiger partial charge < -0.3 is 9.64 Å². The van der Waals surface area contributed by atoms with Crippen molar-refractivity contribution in [1.29, 1.82) is 0 Å². The van der Waals surface area contributed by atoms with Gasteiger partial charge in [0.15, 0.2) is 0 Å². The van der Waals surface area contributed by atoms with E-state index in [1.54, 1.807) is 17.9 Å². The normalized spacial score (nSPS) is 25.5. The van der Waals surface area contributed by atoms with Gasteiger partial charge in [-0.15, -0.1) is 0 Å². The zero-order valence-corrected chi connectivity index (χ0v) is 14.6. The van der Waals surface area contributed by atoms with E-state index in [2.05, 4.69) is 0 Å². The maximum Gasteiger partial charge on any atom is 0.247 e. The number of hydrogen-bond donors (Lipinski definition) is 0. The summed E-state index contributed by atoms with van der Waals surface area (Å²) in [4.78, 5) is 14.3. The van der Waals surface area contributed by atoms with Gasteiger partial charge in [0.2, 0.25) is 15.9 Å². The van der Waals surface area contributed by atoms with E-state index in [0.717, 1.165) is 12.8 Å². The number of halogens is 1. The molecule has 6 nitrogen and oxygen atoms in total. The summed E-state index contributed by atoms with van der Waals surface area (Å²) in [5.41, 5.74) is 0. The predicted octanol–water partition coefficient (Wildman–Crippen LogP) is 1.73. The summed E-state index contributed by atoms with van der Waals surface area (Å²) in [7, 11) is -2.46. The molecule has 1 aromatic rings. The van der Waals surface area contributed by atoms with E-state index >= 15 is 0 Å². The van der Waals surface area contributed by atoms with Gasteiger partial charge in [0, 0.05) is 24.2 Å². The third-order valence-electron chi connectivity index (χ3n) is 4.55. The minimum Gasteiger partial charge on any atom is -0.495 e. The van der Waals surface area contributed by atoms with Crippen molar-refractivity contribution < 1.29 is 17.9 Å². The van der Waals surface area contributed by atoms with E-state index in [0.29, 0.717) is 18.1 Å². The lowest BCUT2D eigenvalue weighted by molar-refractivity contribution is -0.139. The minimum absolute atomic E-state index is 0.00130. The monoisotopic (exact) mass is 358 g/mol. The van der Waals surface area contributed by atoms with Gasteiger partial charge >= 0.3 is 0 Å². The molecular weight excluding hydrogens is 340 g/mol. The Labute approximate surface area is 141 Å². The maximum absolute atomic E-state index is 13.1.